The highest BCUT2D eigenvalue weighted by molar-refractivity contribution is 6.30. The first-order valence-electron chi connectivity index (χ1n) is 7.85. The van der Waals surface area contributed by atoms with Gasteiger partial charge in [0.05, 0.1) is 5.02 Å². The van der Waals surface area contributed by atoms with E-state index in [4.69, 9.17) is 16.3 Å². The fourth-order valence-electron chi connectivity index (χ4n) is 2.94. The van der Waals surface area contributed by atoms with Crippen molar-refractivity contribution < 1.29 is 13.9 Å². The number of allylic oxidation sites excluding steroid dienone is 1. The lowest BCUT2D eigenvalue weighted by atomic mass is 9.84. The summed E-state index contributed by atoms with van der Waals surface area (Å²) in [7, 11) is 0. The van der Waals surface area contributed by atoms with Crippen molar-refractivity contribution in [1.82, 2.24) is 0 Å². The summed E-state index contributed by atoms with van der Waals surface area (Å²) in [6, 6.07) is 5.02. The Hall–Kier alpha value is -1.35. The van der Waals surface area contributed by atoms with Crippen LogP contribution in [0.5, 0.6) is 0 Å². The molecule has 0 bridgehead atoms. The molecular formula is C18H22ClFO2. The van der Waals surface area contributed by atoms with Gasteiger partial charge in [-0.1, -0.05) is 23.7 Å². The second-order valence-electron chi connectivity index (χ2n) is 5.87. The molecule has 0 N–H and O–H groups in total. The van der Waals surface area contributed by atoms with Crippen molar-refractivity contribution in [1.29, 1.82) is 0 Å². The summed E-state index contributed by atoms with van der Waals surface area (Å²) in [6.07, 6.45) is 9.06. The fraction of sp³-hybridized carbons (Fsp3) is 0.500. The highest BCUT2D eigenvalue weighted by atomic mass is 35.5. The average molecular weight is 325 g/mol. The topological polar surface area (TPSA) is 26.3 Å². The number of halogens is 2. The number of rotatable bonds is 5. The van der Waals surface area contributed by atoms with E-state index in [1.165, 1.54) is 12.1 Å². The van der Waals surface area contributed by atoms with Crippen molar-refractivity contribution in [2.24, 2.45) is 5.92 Å². The van der Waals surface area contributed by atoms with Gasteiger partial charge >= 0.3 is 5.97 Å². The van der Waals surface area contributed by atoms with Crippen LogP contribution in [0.2, 0.25) is 5.02 Å². The number of ether oxygens (including phenoxy) is 1. The molecule has 1 saturated carbocycles. The summed E-state index contributed by atoms with van der Waals surface area (Å²) >= 11 is 5.69. The Bertz CT molecular complexity index is 534. The largest absolute Gasteiger partial charge is 0.459 e. The first-order chi connectivity index (χ1) is 10.6. The normalized spacial score (nSPS) is 22.0. The Morgan fingerprint density at radius 1 is 1.36 bits per heavy atom. The number of hydrogen-bond acceptors (Lipinski definition) is 2. The summed E-state index contributed by atoms with van der Waals surface area (Å²) < 4.78 is 18.8. The van der Waals surface area contributed by atoms with Crippen molar-refractivity contribution >= 4 is 17.6 Å². The molecular weight excluding hydrogens is 303 g/mol. The molecule has 0 spiro atoms. The van der Waals surface area contributed by atoms with Crippen LogP contribution in [0.25, 0.3) is 0 Å². The third-order valence-electron chi connectivity index (χ3n) is 4.20. The van der Waals surface area contributed by atoms with Gasteiger partial charge in [-0.25, -0.2) is 9.18 Å². The van der Waals surface area contributed by atoms with Crippen molar-refractivity contribution in [3.8, 4) is 0 Å². The highest BCUT2D eigenvalue weighted by Gasteiger charge is 2.23. The summed E-state index contributed by atoms with van der Waals surface area (Å²) in [6.45, 7) is 1.80. The molecule has 0 radical (unpaired) electrons. The molecule has 2 nitrogen and oxygen atoms in total. The number of carbonyl (C=O) groups excluding carboxylic acids is 1. The van der Waals surface area contributed by atoms with E-state index in [1.54, 1.807) is 19.1 Å². The minimum atomic E-state index is -0.348. The van der Waals surface area contributed by atoms with Crippen LogP contribution in [0.4, 0.5) is 4.39 Å². The molecule has 0 unspecified atom stereocenters. The molecule has 0 amide bonds. The Balaban J connectivity index is 1.73. The molecule has 22 heavy (non-hydrogen) atoms. The van der Waals surface area contributed by atoms with E-state index < -0.39 is 0 Å². The minimum absolute atomic E-state index is 0.0490. The second-order valence-corrected chi connectivity index (χ2v) is 6.27. The summed E-state index contributed by atoms with van der Waals surface area (Å²) in [5.74, 6) is 0.0248. The van der Waals surface area contributed by atoms with Crippen LogP contribution in [-0.2, 0) is 16.0 Å². The summed E-state index contributed by atoms with van der Waals surface area (Å²) in [5, 5.41) is 0.173. The van der Waals surface area contributed by atoms with Gasteiger partial charge in [-0.2, -0.15) is 0 Å². The van der Waals surface area contributed by atoms with Crippen LogP contribution in [-0.4, -0.2) is 12.1 Å². The monoisotopic (exact) mass is 324 g/mol. The standard InChI is InChI=1S/C18H22ClFO2/c1-2-3-18(21)22-15-9-6-13(7-10-15)4-5-14-8-11-16(19)17(20)12-14/h2-3,8,11-13,15H,4-7,9-10H2,1H3/b3-2+. The number of hydrogen-bond donors (Lipinski definition) is 0. The maximum atomic E-state index is 13.4. The van der Waals surface area contributed by atoms with Crippen LogP contribution in [0.3, 0.4) is 0 Å². The molecule has 1 aromatic rings. The van der Waals surface area contributed by atoms with Crippen molar-refractivity contribution in [2.45, 2.75) is 51.6 Å². The van der Waals surface area contributed by atoms with E-state index in [9.17, 15) is 9.18 Å². The highest BCUT2D eigenvalue weighted by Crippen LogP contribution is 2.30. The molecule has 0 aromatic heterocycles. The Labute approximate surface area is 136 Å². The van der Waals surface area contributed by atoms with Gasteiger partial charge in [0.25, 0.3) is 0 Å². The smallest absolute Gasteiger partial charge is 0.330 e. The number of carbonyl (C=O) groups is 1. The first-order valence-corrected chi connectivity index (χ1v) is 8.23. The first kappa shape index (κ1) is 17.0. The lowest BCUT2D eigenvalue weighted by Gasteiger charge is -2.28. The predicted octanol–water partition coefficient (Wildman–Crippen LogP) is 5.09. The van der Waals surface area contributed by atoms with E-state index in [0.29, 0.717) is 5.92 Å². The molecule has 0 saturated heterocycles. The fourth-order valence-corrected chi connectivity index (χ4v) is 3.06. The van der Waals surface area contributed by atoms with Crippen molar-refractivity contribution in [3.63, 3.8) is 0 Å². The predicted molar refractivity (Wildman–Crippen MR) is 86.4 cm³/mol. The van der Waals surface area contributed by atoms with Crippen LogP contribution >= 0.6 is 11.6 Å². The number of aryl methyl sites for hydroxylation is 1. The zero-order valence-electron chi connectivity index (χ0n) is 12.9. The minimum Gasteiger partial charge on any atom is -0.459 e. The van der Waals surface area contributed by atoms with Crippen LogP contribution in [0, 0.1) is 11.7 Å². The lowest BCUT2D eigenvalue weighted by Crippen LogP contribution is -2.24. The molecule has 1 fully saturated rings. The lowest BCUT2D eigenvalue weighted by molar-refractivity contribution is -0.144. The molecule has 0 atom stereocenters. The van der Waals surface area contributed by atoms with Gasteiger partial charge in [0.2, 0.25) is 0 Å². The quantitative estimate of drug-likeness (QED) is 0.557. The van der Waals surface area contributed by atoms with Gasteiger partial charge in [-0.3, -0.25) is 0 Å². The van der Waals surface area contributed by atoms with Gasteiger partial charge in [-0.15, -0.1) is 0 Å². The zero-order valence-corrected chi connectivity index (χ0v) is 13.6. The average Bonchev–Trinajstić information content (AvgIpc) is 2.50. The second kappa shape index (κ2) is 8.33. The van der Waals surface area contributed by atoms with Gasteiger partial charge in [0.1, 0.15) is 11.9 Å². The molecule has 0 aliphatic heterocycles. The number of esters is 1. The van der Waals surface area contributed by atoms with Crippen LogP contribution in [0.15, 0.2) is 30.4 Å². The molecule has 0 heterocycles. The molecule has 120 valence electrons. The van der Waals surface area contributed by atoms with Gasteiger partial charge in [-0.05, 0) is 69.1 Å². The Morgan fingerprint density at radius 2 is 2.09 bits per heavy atom. The van der Waals surface area contributed by atoms with E-state index >= 15 is 0 Å². The molecule has 2 rings (SSSR count). The maximum Gasteiger partial charge on any atom is 0.330 e. The van der Waals surface area contributed by atoms with Crippen molar-refractivity contribution in [3.05, 3.63) is 46.8 Å². The van der Waals surface area contributed by atoms with Gasteiger partial charge in [0.15, 0.2) is 0 Å². The molecule has 1 aliphatic carbocycles. The van der Waals surface area contributed by atoms with Crippen LogP contribution in [0.1, 0.15) is 44.6 Å². The maximum absolute atomic E-state index is 13.4. The zero-order chi connectivity index (χ0) is 15.9. The summed E-state index contributed by atoms with van der Waals surface area (Å²) in [5.41, 5.74) is 0.989. The van der Waals surface area contributed by atoms with Crippen LogP contribution < -0.4 is 0 Å². The molecule has 4 heteroatoms. The van der Waals surface area contributed by atoms with Gasteiger partial charge < -0.3 is 4.74 Å². The molecule has 1 aromatic carbocycles. The van der Waals surface area contributed by atoms with E-state index in [1.807, 2.05) is 6.07 Å². The summed E-state index contributed by atoms with van der Waals surface area (Å²) in [4.78, 5) is 11.4. The van der Waals surface area contributed by atoms with Crippen molar-refractivity contribution in [2.75, 3.05) is 0 Å². The SMILES string of the molecule is C/C=C/C(=O)OC1CCC(CCc2ccc(Cl)c(F)c2)CC1. The third kappa shape index (κ3) is 5.13. The van der Waals surface area contributed by atoms with E-state index in [0.717, 1.165) is 44.1 Å². The number of benzene rings is 1. The Kier molecular flexibility index (Phi) is 6.44. The molecule has 1 aliphatic rings. The van der Waals surface area contributed by atoms with Gasteiger partial charge in [0, 0.05) is 6.08 Å². The Morgan fingerprint density at radius 3 is 2.73 bits per heavy atom. The third-order valence-corrected chi connectivity index (χ3v) is 4.51. The van der Waals surface area contributed by atoms with E-state index in [-0.39, 0.29) is 22.9 Å². The van der Waals surface area contributed by atoms with E-state index in [2.05, 4.69) is 0 Å².